The predicted octanol–water partition coefficient (Wildman–Crippen LogP) is 3.30. The number of aryl methyl sites for hydroxylation is 2. The van der Waals surface area contributed by atoms with E-state index in [1.165, 1.54) is 11.1 Å². The number of rotatable bonds is 4. The quantitative estimate of drug-likeness (QED) is 0.834. The van der Waals surface area contributed by atoms with E-state index in [1.807, 2.05) is 13.8 Å². The molecule has 0 spiro atoms. The van der Waals surface area contributed by atoms with E-state index in [-0.39, 0.29) is 5.41 Å². The fraction of sp³-hybridized carbons (Fsp3) is 0.500. The van der Waals surface area contributed by atoms with E-state index in [4.69, 9.17) is 22.7 Å². The highest BCUT2D eigenvalue weighted by molar-refractivity contribution is 7.80. The van der Waals surface area contributed by atoms with Crippen molar-refractivity contribution < 1.29 is 4.74 Å². The van der Waals surface area contributed by atoms with Gasteiger partial charge in [0.15, 0.2) is 0 Å². The molecule has 0 saturated carbocycles. The minimum absolute atomic E-state index is 0.280. The molecule has 17 heavy (non-hydrogen) atoms. The van der Waals surface area contributed by atoms with Crippen molar-refractivity contribution >= 4 is 17.2 Å². The summed E-state index contributed by atoms with van der Waals surface area (Å²) in [7, 11) is 0. The van der Waals surface area contributed by atoms with Gasteiger partial charge in [-0.2, -0.15) is 0 Å². The van der Waals surface area contributed by atoms with Crippen LogP contribution in [0.15, 0.2) is 12.1 Å². The predicted molar refractivity (Wildman–Crippen MR) is 76.7 cm³/mol. The van der Waals surface area contributed by atoms with Gasteiger partial charge in [0, 0.05) is 5.41 Å². The Labute approximate surface area is 109 Å². The number of hydrogen-bond acceptors (Lipinski definition) is 2. The summed E-state index contributed by atoms with van der Waals surface area (Å²) in [6.45, 7) is 10.7. The molecule has 94 valence electrons. The summed E-state index contributed by atoms with van der Waals surface area (Å²) >= 11 is 5.04. The molecule has 0 aliphatic heterocycles. The van der Waals surface area contributed by atoms with Crippen molar-refractivity contribution in [2.24, 2.45) is 11.1 Å². The van der Waals surface area contributed by atoms with Crippen LogP contribution >= 0.6 is 12.2 Å². The topological polar surface area (TPSA) is 35.2 Å². The number of nitrogens with two attached hydrogens (primary N) is 1. The van der Waals surface area contributed by atoms with E-state index >= 15 is 0 Å². The maximum Gasteiger partial charge on any atom is 0.125 e. The molecule has 1 aromatic rings. The number of hydrogen-bond donors (Lipinski definition) is 1. The molecule has 0 aromatic heterocycles. The highest BCUT2D eigenvalue weighted by Crippen LogP contribution is 2.27. The normalized spacial score (nSPS) is 11.4. The van der Waals surface area contributed by atoms with Gasteiger partial charge in [0.2, 0.25) is 0 Å². The van der Waals surface area contributed by atoms with Gasteiger partial charge in [-0.3, -0.25) is 0 Å². The standard InChI is InChI=1S/C14H21NOS/c1-9-6-7-10(2)12(11(9)3)16-8-14(4,5)13(15)17/h6-7H,8H2,1-5H3,(H2,15,17). The molecule has 0 aliphatic rings. The van der Waals surface area contributed by atoms with E-state index in [0.717, 1.165) is 11.3 Å². The lowest BCUT2D eigenvalue weighted by molar-refractivity contribution is 0.234. The molecule has 0 unspecified atom stereocenters. The van der Waals surface area contributed by atoms with Crippen LogP contribution in [0.3, 0.4) is 0 Å². The minimum atomic E-state index is -0.280. The Hall–Kier alpha value is -1.09. The average Bonchev–Trinajstić information content (AvgIpc) is 2.23. The zero-order chi connectivity index (χ0) is 13.2. The van der Waals surface area contributed by atoms with Crippen LogP contribution in [-0.2, 0) is 0 Å². The molecule has 2 nitrogen and oxygen atoms in total. The number of ether oxygens (including phenoxy) is 1. The van der Waals surface area contributed by atoms with Crippen molar-refractivity contribution in [1.82, 2.24) is 0 Å². The largest absolute Gasteiger partial charge is 0.492 e. The number of thiocarbonyl (C=S) groups is 1. The minimum Gasteiger partial charge on any atom is -0.492 e. The van der Waals surface area contributed by atoms with Gasteiger partial charge in [0.25, 0.3) is 0 Å². The van der Waals surface area contributed by atoms with Gasteiger partial charge in [-0.05, 0) is 37.5 Å². The van der Waals surface area contributed by atoms with Gasteiger partial charge < -0.3 is 10.5 Å². The lowest BCUT2D eigenvalue weighted by Gasteiger charge is -2.24. The van der Waals surface area contributed by atoms with Crippen LogP contribution in [0.25, 0.3) is 0 Å². The van der Waals surface area contributed by atoms with E-state index in [9.17, 15) is 0 Å². The molecule has 0 atom stereocenters. The number of benzene rings is 1. The van der Waals surface area contributed by atoms with Gasteiger partial charge in [-0.15, -0.1) is 0 Å². The first-order chi connectivity index (χ1) is 7.75. The lowest BCUT2D eigenvalue weighted by Crippen LogP contribution is -2.35. The SMILES string of the molecule is Cc1ccc(C)c(OCC(C)(C)C(N)=S)c1C. The molecular formula is C14H21NOS. The second kappa shape index (κ2) is 5.05. The smallest absolute Gasteiger partial charge is 0.125 e. The van der Waals surface area contributed by atoms with Crippen LogP contribution in [0.5, 0.6) is 5.75 Å². The molecule has 0 heterocycles. The first kappa shape index (κ1) is 14.0. The summed E-state index contributed by atoms with van der Waals surface area (Å²) < 4.78 is 5.91. The van der Waals surface area contributed by atoms with Crippen LogP contribution < -0.4 is 10.5 Å². The highest BCUT2D eigenvalue weighted by Gasteiger charge is 2.23. The molecule has 1 rings (SSSR count). The maximum absolute atomic E-state index is 5.91. The van der Waals surface area contributed by atoms with Crippen molar-refractivity contribution in [3.05, 3.63) is 28.8 Å². The Morgan fingerprint density at radius 2 is 1.76 bits per heavy atom. The summed E-state index contributed by atoms with van der Waals surface area (Å²) in [5, 5.41) is 0. The van der Waals surface area contributed by atoms with Crippen LogP contribution in [0.4, 0.5) is 0 Å². The molecule has 2 N–H and O–H groups in total. The Bertz CT molecular complexity index is 438. The van der Waals surface area contributed by atoms with E-state index < -0.39 is 0 Å². The van der Waals surface area contributed by atoms with Crippen molar-refractivity contribution in [2.75, 3.05) is 6.61 Å². The third kappa shape index (κ3) is 3.19. The Balaban J connectivity index is 2.90. The molecule has 0 radical (unpaired) electrons. The zero-order valence-electron chi connectivity index (χ0n) is 11.3. The second-order valence-electron chi connectivity index (χ2n) is 5.19. The van der Waals surface area contributed by atoms with Gasteiger partial charge >= 0.3 is 0 Å². The van der Waals surface area contributed by atoms with Gasteiger partial charge in [-0.1, -0.05) is 38.2 Å². The van der Waals surface area contributed by atoms with Gasteiger partial charge in [0.1, 0.15) is 5.75 Å². The Morgan fingerprint density at radius 1 is 1.24 bits per heavy atom. The summed E-state index contributed by atoms with van der Waals surface area (Å²) in [4.78, 5) is 0.487. The fourth-order valence-corrected chi connectivity index (χ4v) is 1.53. The van der Waals surface area contributed by atoms with E-state index in [0.29, 0.717) is 11.6 Å². The van der Waals surface area contributed by atoms with Crippen molar-refractivity contribution in [1.29, 1.82) is 0 Å². The highest BCUT2D eigenvalue weighted by atomic mass is 32.1. The van der Waals surface area contributed by atoms with Crippen LogP contribution in [-0.4, -0.2) is 11.6 Å². The van der Waals surface area contributed by atoms with Gasteiger partial charge in [0.05, 0.1) is 11.6 Å². The first-order valence-corrected chi connectivity index (χ1v) is 6.16. The molecule has 0 fully saturated rings. The molecule has 0 saturated heterocycles. The fourth-order valence-electron chi connectivity index (χ4n) is 1.47. The molecule has 3 heteroatoms. The summed E-state index contributed by atoms with van der Waals surface area (Å²) in [5.41, 5.74) is 8.98. The first-order valence-electron chi connectivity index (χ1n) is 5.75. The summed E-state index contributed by atoms with van der Waals surface area (Å²) in [5.74, 6) is 0.953. The third-order valence-electron chi connectivity index (χ3n) is 3.12. The Morgan fingerprint density at radius 3 is 2.29 bits per heavy atom. The van der Waals surface area contributed by atoms with Crippen molar-refractivity contribution in [3.8, 4) is 5.75 Å². The summed E-state index contributed by atoms with van der Waals surface area (Å²) in [6.07, 6.45) is 0. The third-order valence-corrected chi connectivity index (χ3v) is 3.67. The molecule has 0 amide bonds. The molecule has 1 aromatic carbocycles. The Kier molecular flexibility index (Phi) is 4.15. The van der Waals surface area contributed by atoms with Crippen LogP contribution in [0.2, 0.25) is 0 Å². The molecule has 0 aliphatic carbocycles. The van der Waals surface area contributed by atoms with E-state index in [2.05, 4.69) is 32.9 Å². The average molecular weight is 251 g/mol. The zero-order valence-corrected chi connectivity index (χ0v) is 12.1. The van der Waals surface area contributed by atoms with Crippen LogP contribution in [0, 0.1) is 26.2 Å². The van der Waals surface area contributed by atoms with Gasteiger partial charge in [-0.25, -0.2) is 0 Å². The molecular weight excluding hydrogens is 230 g/mol. The molecule has 0 bridgehead atoms. The second-order valence-corrected chi connectivity index (χ2v) is 5.63. The summed E-state index contributed by atoms with van der Waals surface area (Å²) in [6, 6.07) is 4.18. The van der Waals surface area contributed by atoms with Crippen molar-refractivity contribution in [2.45, 2.75) is 34.6 Å². The monoisotopic (exact) mass is 251 g/mol. The maximum atomic E-state index is 5.91. The van der Waals surface area contributed by atoms with Crippen molar-refractivity contribution in [3.63, 3.8) is 0 Å². The van der Waals surface area contributed by atoms with Crippen LogP contribution in [0.1, 0.15) is 30.5 Å². The van der Waals surface area contributed by atoms with E-state index in [1.54, 1.807) is 0 Å². The lowest BCUT2D eigenvalue weighted by atomic mass is 9.95.